The average molecular weight is 568 g/mol. The molecule has 222 valence electrons. The van der Waals surface area contributed by atoms with Gasteiger partial charge in [-0.3, -0.25) is 9.69 Å². The van der Waals surface area contributed by atoms with Crippen molar-refractivity contribution in [2.75, 3.05) is 26.3 Å². The molecule has 42 heavy (non-hydrogen) atoms. The second-order valence-corrected chi connectivity index (χ2v) is 11.9. The summed E-state index contributed by atoms with van der Waals surface area (Å²) < 4.78 is 12.7. The molecule has 0 saturated carbocycles. The summed E-state index contributed by atoms with van der Waals surface area (Å²) in [4.78, 5) is 15.0. The number of ether oxygens (including phenoxy) is 2. The van der Waals surface area contributed by atoms with Crippen LogP contribution in [0, 0.1) is 11.8 Å². The summed E-state index contributed by atoms with van der Waals surface area (Å²) in [6.07, 6.45) is 34.5. The molecule has 1 N–H and O–H groups in total. The summed E-state index contributed by atoms with van der Waals surface area (Å²) in [5.74, 6) is 1.46. The summed E-state index contributed by atoms with van der Waals surface area (Å²) >= 11 is 0. The molecule has 0 aliphatic heterocycles. The largest absolute Gasteiger partial charge is 0.489 e. The molecule has 4 aliphatic carbocycles. The second kappa shape index (κ2) is 15.6. The fourth-order valence-electron chi connectivity index (χ4n) is 6.08. The van der Waals surface area contributed by atoms with E-state index >= 15 is 0 Å². The van der Waals surface area contributed by atoms with Crippen LogP contribution in [-0.2, 0) is 11.2 Å². The molecule has 0 radical (unpaired) electrons. The summed E-state index contributed by atoms with van der Waals surface area (Å²) in [6.45, 7) is 2.54. The molecule has 0 fully saturated rings. The Kier molecular flexibility index (Phi) is 11.1. The smallest absolute Gasteiger partial charge is 0.321 e. The fourth-order valence-corrected chi connectivity index (χ4v) is 6.08. The van der Waals surface area contributed by atoms with Gasteiger partial charge in [-0.1, -0.05) is 84.6 Å². The van der Waals surface area contributed by atoms with Crippen LogP contribution in [0.25, 0.3) is 0 Å². The first-order valence-corrected chi connectivity index (χ1v) is 15.7. The van der Waals surface area contributed by atoms with Crippen LogP contribution in [0.3, 0.4) is 0 Å². The predicted octanol–water partition coefficient (Wildman–Crippen LogP) is 7.78. The number of hydrogen-bond acceptors (Lipinski definition) is 4. The normalized spacial score (nSPS) is 22.1. The van der Waals surface area contributed by atoms with Crippen molar-refractivity contribution >= 4 is 5.97 Å². The van der Waals surface area contributed by atoms with Gasteiger partial charge in [-0.15, -0.1) is 0 Å². The van der Waals surface area contributed by atoms with Gasteiger partial charge in [0.1, 0.15) is 12.6 Å². The maximum atomic E-state index is 12.8. The molecule has 0 heterocycles. The first-order chi connectivity index (χ1) is 20.6. The van der Waals surface area contributed by atoms with Gasteiger partial charge in [0.05, 0.1) is 6.61 Å². The van der Waals surface area contributed by atoms with Crippen molar-refractivity contribution in [3.63, 3.8) is 0 Å². The zero-order chi connectivity index (χ0) is 29.0. The third-order valence-electron chi connectivity index (χ3n) is 8.57. The topological polar surface area (TPSA) is 59.0 Å². The van der Waals surface area contributed by atoms with Crippen molar-refractivity contribution < 1.29 is 19.4 Å². The highest BCUT2D eigenvalue weighted by Crippen LogP contribution is 2.32. The Hall–Kier alpha value is -3.57. The van der Waals surface area contributed by atoms with Crippen LogP contribution in [0.15, 0.2) is 102 Å². The van der Waals surface area contributed by atoms with Crippen molar-refractivity contribution in [1.29, 1.82) is 0 Å². The van der Waals surface area contributed by atoms with E-state index < -0.39 is 12.0 Å². The second-order valence-electron chi connectivity index (χ2n) is 11.9. The lowest BCUT2D eigenvalue weighted by atomic mass is 9.95. The van der Waals surface area contributed by atoms with Crippen LogP contribution in [0.2, 0.25) is 0 Å². The molecule has 0 amide bonds. The molecule has 1 aromatic rings. The van der Waals surface area contributed by atoms with Crippen LogP contribution < -0.4 is 9.47 Å². The zero-order valence-electron chi connectivity index (χ0n) is 24.7. The highest BCUT2D eigenvalue weighted by atomic mass is 16.5. The quantitative estimate of drug-likeness (QED) is 0.233. The number of carboxylic acids is 1. The van der Waals surface area contributed by atoms with E-state index in [-0.39, 0.29) is 0 Å². The lowest BCUT2D eigenvalue weighted by Gasteiger charge is -2.33. The van der Waals surface area contributed by atoms with Gasteiger partial charge in [-0.2, -0.15) is 0 Å². The Labute approximate surface area is 251 Å². The third kappa shape index (κ3) is 8.96. The fraction of sp³-hybridized carbons (Fsp3) is 0.432. The number of benzene rings is 1. The monoisotopic (exact) mass is 567 g/mol. The maximum Gasteiger partial charge on any atom is 0.321 e. The Morgan fingerprint density at radius 2 is 1.71 bits per heavy atom. The molecule has 0 bridgehead atoms. The number of aliphatic carboxylic acids is 1. The molecule has 5 rings (SSSR count). The minimum absolute atomic E-state index is 0.304. The van der Waals surface area contributed by atoms with Gasteiger partial charge < -0.3 is 14.6 Å². The lowest BCUT2D eigenvalue weighted by Crippen LogP contribution is -2.46. The van der Waals surface area contributed by atoms with E-state index in [4.69, 9.17) is 9.47 Å². The molecule has 1 aromatic carbocycles. The van der Waals surface area contributed by atoms with Crippen molar-refractivity contribution in [1.82, 2.24) is 4.90 Å². The van der Waals surface area contributed by atoms with Crippen molar-refractivity contribution in [2.24, 2.45) is 11.8 Å². The minimum atomic E-state index is -0.787. The first-order valence-electron chi connectivity index (χ1n) is 15.7. The van der Waals surface area contributed by atoms with E-state index in [0.717, 1.165) is 62.7 Å². The Morgan fingerprint density at radius 3 is 2.40 bits per heavy atom. The molecule has 0 aromatic heterocycles. The van der Waals surface area contributed by atoms with Gasteiger partial charge in [0.15, 0.2) is 11.5 Å². The number of rotatable bonds is 14. The molecule has 0 saturated heterocycles. The predicted molar refractivity (Wildman–Crippen MR) is 170 cm³/mol. The van der Waals surface area contributed by atoms with Gasteiger partial charge in [0.2, 0.25) is 0 Å². The van der Waals surface area contributed by atoms with Gasteiger partial charge in [0.25, 0.3) is 0 Å². The lowest BCUT2D eigenvalue weighted by molar-refractivity contribution is -0.143. The number of allylic oxidation sites excluding steroid dienone is 11. The summed E-state index contributed by atoms with van der Waals surface area (Å²) in [5, 5.41) is 10.5. The van der Waals surface area contributed by atoms with Crippen molar-refractivity contribution in [2.45, 2.75) is 63.8 Å². The van der Waals surface area contributed by atoms with Gasteiger partial charge in [-0.25, -0.2) is 0 Å². The molecule has 3 atom stereocenters. The molecule has 4 aliphatic rings. The van der Waals surface area contributed by atoms with E-state index in [0.29, 0.717) is 50.3 Å². The standard InChI is InChI=1S/C37H45NO4/c39-37(40)34(38(25-29-13-5-1-6-14-29)26-30-15-7-2-8-16-30)23-33-21-22-35(41-27-31-17-9-3-10-18-31)36(24-33)42-28-32-19-11-4-12-20-32/h1-7,9,11,13,15,19,21-22,24,29,31,34H,8,10,12,14,16-18,20,23,25-28H2,(H,39,40). The molecule has 0 spiro atoms. The SMILES string of the molecule is O=C(O)C(Cc1ccc(OCC2CC=CCC2)c(OCC2=CC=CCC2)c1)N(CC1=CC=CCC1)CC1C=CC=CC1. The summed E-state index contributed by atoms with van der Waals surface area (Å²) in [6, 6.07) is 5.36. The van der Waals surface area contributed by atoms with Crippen LogP contribution >= 0.6 is 0 Å². The van der Waals surface area contributed by atoms with E-state index in [1.807, 2.05) is 18.2 Å². The first kappa shape index (κ1) is 29.9. The Balaban J connectivity index is 1.35. The minimum Gasteiger partial charge on any atom is -0.489 e. The van der Waals surface area contributed by atoms with Gasteiger partial charge in [0, 0.05) is 13.1 Å². The number of carbonyl (C=O) groups is 1. The Bertz CT molecular complexity index is 1280. The molecule has 5 nitrogen and oxygen atoms in total. The number of nitrogens with zero attached hydrogens (tertiary/aromatic N) is 1. The highest BCUT2D eigenvalue weighted by molar-refractivity contribution is 5.74. The van der Waals surface area contributed by atoms with Gasteiger partial charge >= 0.3 is 5.97 Å². The Morgan fingerprint density at radius 1 is 0.881 bits per heavy atom. The molecule has 5 heteroatoms. The highest BCUT2D eigenvalue weighted by Gasteiger charge is 2.29. The van der Waals surface area contributed by atoms with Crippen LogP contribution in [0.5, 0.6) is 11.5 Å². The van der Waals surface area contributed by atoms with E-state index in [9.17, 15) is 9.90 Å². The van der Waals surface area contributed by atoms with Crippen molar-refractivity contribution in [3.05, 3.63) is 108 Å². The molecule has 3 unspecified atom stereocenters. The van der Waals surface area contributed by atoms with E-state index in [1.165, 1.54) is 11.1 Å². The third-order valence-corrected chi connectivity index (χ3v) is 8.57. The summed E-state index contributed by atoms with van der Waals surface area (Å²) in [7, 11) is 0. The molecular weight excluding hydrogens is 522 g/mol. The van der Waals surface area contributed by atoms with Crippen molar-refractivity contribution in [3.8, 4) is 11.5 Å². The average Bonchev–Trinajstić information content (AvgIpc) is 3.03. The van der Waals surface area contributed by atoms with Crippen LogP contribution in [0.4, 0.5) is 0 Å². The van der Waals surface area contributed by atoms with Crippen LogP contribution in [0.1, 0.15) is 56.9 Å². The number of hydrogen-bond donors (Lipinski definition) is 1. The van der Waals surface area contributed by atoms with Crippen LogP contribution in [-0.4, -0.2) is 48.3 Å². The molecular formula is C37H45NO4. The number of carboxylic acid groups (broad SMARTS) is 1. The van der Waals surface area contributed by atoms with E-state index in [1.54, 1.807) is 0 Å². The summed E-state index contributed by atoms with van der Waals surface area (Å²) in [5.41, 5.74) is 3.49. The maximum absolute atomic E-state index is 12.8. The zero-order valence-corrected chi connectivity index (χ0v) is 24.7. The van der Waals surface area contributed by atoms with E-state index in [2.05, 4.69) is 77.8 Å². The van der Waals surface area contributed by atoms with Gasteiger partial charge in [-0.05, 0) is 92.9 Å².